The Kier molecular flexibility index (Phi) is 4.94. The van der Waals surface area contributed by atoms with Crippen molar-refractivity contribution in [1.29, 1.82) is 0 Å². The second-order valence-corrected chi connectivity index (χ2v) is 5.76. The first kappa shape index (κ1) is 17.6. The normalized spacial score (nSPS) is 13.8. The molecule has 2 amide bonds. The summed E-state index contributed by atoms with van der Waals surface area (Å²) in [6, 6.07) is 8.96. The van der Waals surface area contributed by atoms with Crippen molar-refractivity contribution < 1.29 is 19.4 Å². The Balaban J connectivity index is 1.67. The molecule has 3 rings (SSSR count). The smallest absolute Gasteiger partial charge is 0.322 e. The third-order valence-electron chi connectivity index (χ3n) is 3.64. The maximum absolute atomic E-state index is 12.1. The largest absolute Gasteiger partial charge is 0.424 e. The van der Waals surface area contributed by atoms with Crippen molar-refractivity contribution in [2.45, 2.75) is 13.8 Å². The topological polar surface area (TPSA) is 105 Å². The van der Waals surface area contributed by atoms with Gasteiger partial charge in [-0.15, -0.1) is 0 Å². The van der Waals surface area contributed by atoms with E-state index in [0.29, 0.717) is 11.4 Å². The van der Waals surface area contributed by atoms with E-state index in [-0.39, 0.29) is 24.9 Å². The van der Waals surface area contributed by atoms with E-state index >= 15 is 0 Å². The Morgan fingerprint density at radius 2 is 1.77 bits per heavy atom. The van der Waals surface area contributed by atoms with E-state index in [1.165, 1.54) is 6.08 Å². The van der Waals surface area contributed by atoms with Crippen LogP contribution in [-0.2, 0) is 9.59 Å². The number of nitrogens with one attached hydrogen (secondary N) is 1. The number of β-amino-alcohol motifs (C(OH)–C–C–N with tert-alkyl or cyclic N) is 1. The van der Waals surface area contributed by atoms with Crippen LogP contribution in [0, 0.1) is 13.8 Å². The van der Waals surface area contributed by atoms with Gasteiger partial charge in [0.2, 0.25) is 0 Å². The molecule has 0 fully saturated rings. The Morgan fingerprint density at radius 3 is 2.38 bits per heavy atom. The van der Waals surface area contributed by atoms with Gasteiger partial charge in [0.1, 0.15) is 11.4 Å². The molecule has 8 heteroatoms. The van der Waals surface area contributed by atoms with Gasteiger partial charge in [-0.3, -0.25) is 14.5 Å². The molecule has 0 atom stereocenters. The summed E-state index contributed by atoms with van der Waals surface area (Å²) in [7, 11) is 0. The van der Waals surface area contributed by atoms with Gasteiger partial charge in [0.05, 0.1) is 13.2 Å². The van der Waals surface area contributed by atoms with E-state index in [4.69, 9.17) is 9.84 Å². The van der Waals surface area contributed by atoms with Gasteiger partial charge < -0.3 is 15.2 Å². The summed E-state index contributed by atoms with van der Waals surface area (Å²) < 4.78 is 5.63. The Bertz CT molecular complexity index is 857. The van der Waals surface area contributed by atoms with Crippen molar-refractivity contribution in [2.24, 2.45) is 0 Å². The highest BCUT2D eigenvalue weighted by Crippen LogP contribution is 2.23. The van der Waals surface area contributed by atoms with Crippen LogP contribution >= 0.6 is 0 Å². The fourth-order valence-electron chi connectivity index (χ4n) is 2.52. The predicted octanol–water partition coefficient (Wildman–Crippen LogP) is 1.54. The summed E-state index contributed by atoms with van der Waals surface area (Å²) in [5, 5.41) is 11.8. The molecule has 1 aromatic heterocycles. The van der Waals surface area contributed by atoms with E-state index in [2.05, 4.69) is 15.3 Å². The first-order chi connectivity index (χ1) is 12.5. The number of benzene rings is 1. The average Bonchev–Trinajstić information content (AvgIpc) is 2.84. The molecule has 0 saturated carbocycles. The fourth-order valence-corrected chi connectivity index (χ4v) is 2.52. The highest BCUT2D eigenvalue weighted by Gasteiger charge is 2.30. The molecule has 2 N–H and O–H groups in total. The standard InChI is InChI=1S/C18H18N4O4/c1-11-9-12(2)20-18(19-11)26-14-5-3-13(4-6-14)21-15-10-16(24)22(7-8-23)17(15)25/h3-6,9-10,21,23H,7-8H2,1-2H3. The number of aromatic nitrogens is 2. The molecular formula is C18H18N4O4. The Labute approximate surface area is 150 Å². The molecule has 2 heterocycles. The monoisotopic (exact) mass is 354 g/mol. The molecule has 0 unspecified atom stereocenters. The zero-order chi connectivity index (χ0) is 18.7. The number of rotatable bonds is 6. The highest BCUT2D eigenvalue weighted by molar-refractivity contribution is 6.17. The quantitative estimate of drug-likeness (QED) is 0.758. The zero-order valence-electron chi connectivity index (χ0n) is 14.4. The average molecular weight is 354 g/mol. The van der Waals surface area contributed by atoms with Gasteiger partial charge in [-0.1, -0.05) is 0 Å². The molecule has 134 valence electrons. The van der Waals surface area contributed by atoms with Crippen molar-refractivity contribution in [3.05, 3.63) is 53.5 Å². The van der Waals surface area contributed by atoms with Crippen molar-refractivity contribution in [2.75, 3.05) is 18.5 Å². The molecule has 8 nitrogen and oxygen atoms in total. The van der Waals surface area contributed by atoms with Crippen LogP contribution in [-0.4, -0.2) is 44.9 Å². The minimum Gasteiger partial charge on any atom is -0.424 e. The lowest BCUT2D eigenvalue weighted by Crippen LogP contribution is -2.34. The second-order valence-electron chi connectivity index (χ2n) is 5.76. The lowest BCUT2D eigenvalue weighted by Gasteiger charge is -2.13. The minimum absolute atomic E-state index is 0.0258. The predicted molar refractivity (Wildman–Crippen MR) is 93.5 cm³/mol. The van der Waals surface area contributed by atoms with Crippen molar-refractivity contribution in [3.8, 4) is 11.8 Å². The summed E-state index contributed by atoms with van der Waals surface area (Å²) in [5.41, 5.74) is 2.41. The van der Waals surface area contributed by atoms with E-state index in [1.54, 1.807) is 24.3 Å². The number of imide groups is 1. The number of hydrogen-bond acceptors (Lipinski definition) is 7. The van der Waals surface area contributed by atoms with Crippen molar-refractivity contribution in [3.63, 3.8) is 0 Å². The van der Waals surface area contributed by atoms with Gasteiger partial charge in [0.25, 0.3) is 11.8 Å². The number of aliphatic hydroxyl groups is 1. The molecule has 26 heavy (non-hydrogen) atoms. The van der Waals surface area contributed by atoms with Crippen LogP contribution in [0.25, 0.3) is 0 Å². The van der Waals surface area contributed by atoms with Gasteiger partial charge in [-0.25, -0.2) is 9.97 Å². The number of aliphatic hydroxyl groups excluding tert-OH is 1. The lowest BCUT2D eigenvalue weighted by molar-refractivity contribution is -0.137. The van der Waals surface area contributed by atoms with Crippen LogP contribution in [0.2, 0.25) is 0 Å². The zero-order valence-corrected chi connectivity index (χ0v) is 14.4. The fraction of sp³-hybridized carbons (Fsp3) is 0.222. The van der Waals surface area contributed by atoms with Gasteiger partial charge >= 0.3 is 6.01 Å². The minimum atomic E-state index is -0.465. The number of aryl methyl sites for hydroxylation is 2. The molecule has 0 saturated heterocycles. The molecule has 1 aliphatic rings. The molecule has 0 spiro atoms. The molecule has 1 aliphatic heterocycles. The Morgan fingerprint density at radius 1 is 1.12 bits per heavy atom. The number of nitrogens with zero attached hydrogens (tertiary/aromatic N) is 3. The van der Waals surface area contributed by atoms with E-state index in [0.717, 1.165) is 16.3 Å². The number of anilines is 1. The third kappa shape index (κ3) is 3.86. The summed E-state index contributed by atoms with van der Waals surface area (Å²) in [6.07, 6.45) is 1.21. The van der Waals surface area contributed by atoms with E-state index < -0.39 is 11.8 Å². The van der Waals surface area contributed by atoms with Crippen molar-refractivity contribution >= 4 is 17.5 Å². The number of carbonyl (C=O) groups is 2. The third-order valence-corrected chi connectivity index (χ3v) is 3.64. The molecule has 1 aromatic carbocycles. The van der Waals surface area contributed by atoms with Crippen LogP contribution in [0.1, 0.15) is 11.4 Å². The van der Waals surface area contributed by atoms with Crippen LogP contribution in [0.5, 0.6) is 11.8 Å². The number of hydrogen-bond donors (Lipinski definition) is 2. The van der Waals surface area contributed by atoms with Gasteiger partial charge in [-0.05, 0) is 44.2 Å². The second kappa shape index (κ2) is 7.32. The van der Waals surface area contributed by atoms with Crippen LogP contribution in [0.15, 0.2) is 42.1 Å². The maximum Gasteiger partial charge on any atom is 0.322 e. The molecule has 2 aromatic rings. The van der Waals surface area contributed by atoms with E-state index in [9.17, 15) is 9.59 Å². The lowest BCUT2D eigenvalue weighted by atomic mass is 10.3. The molecule has 0 bridgehead atoms. The number of amides is 2. The SMILES string of the molecule is Cc1cc(C)nc(Oc2ccc(NC3=CC(=O)N(CCO)C3=O)cc2)n1. The van der Waals surface area contributed by atoms with E-state index in [1.807, 2.05) is 19.9 Å². The van der Waals surface area contributed by atoms with Gasteiger partial charge in [0, 0.05) is 23.2 Å². The summed E-state index contributed by atoms with van der Waals surface area (Å²) in [5.74, 6) is -0.364. The maximum atomic E-state index is 12.1. The molecule has 0 radical (unpaired) electrons. The summed E-state index contributed by atoms with van der Waals surface area (Å²) in [6.45, 7) is 3.43. The Hall–Kier alpha value is -3.26. The van der Waals surface area contributed by atoms with Gasteiger partial charge in [0.15, 0.2) is 0 Å². The number of ether oxygens (including phenoxy) is 1. The number of carbonyl (C=O) groups excluding carboxylic acids is 2. The van der Waals surface area contributed by atoms with Crippen molar-refractivity contribution in [1.82, 2.24) is 14.9 Å². The molecule has 0 aliphatic carbocycles. The van der Waals surface area contributed by atoms with Gasteiger partial charge in [-0.2, -0.15) is 0 Å². The van der Waals surface area contributed by atoms with Crippen LogP contribution < -0.4 is 10.1 Å². The van der Waals surface area contributed by atoms with Crippen LogP contribution in [0.4, 0.5) is 5.69 Å². The molecular weight excluding hydrogens is 336 g/mol. The highest BCUT2D eigenvalue weighted by atomic mass is 16.5. The van der Waals surface area contributed by atoms with Crippen LogP contribution in [0.3, 0.4) is 0 Å². The summed E-state index contributed by atoms with van der Waals surface area (Å²) >= 11 is 0. The first-order valence-electron chi connectivity index (χ1n) is 8.02. The summed E-state index contributed by atoms with van der Waals surface area (Å²) in [4.78, 5) is 33.2. The first-order valence-corrected chi connectivity index (χ1v) is 8.02.